The SMILES string of the molecule is COC(=O)C1C(CN(C)CC(C)(C)CN2CCOCC2)C1(F)F. The van der Waals surface area contributed by atoms with Crippen molar-refractivity contribution in [3.63, 3.8) is 0 Å². The molecule has 0 aromatic heterocycles. The molecule has 23 heavy (non-hydrogen) atoms. The summed E-state index contributed by atoms with van der Waals surface area (Å²) in [5, 5.41) is 0. The molecular formula is C16H28F2N2O3. The van der Waals surface area contributed by atoms with Crippen molar-refractivity contribution in [1.29, 1.82) is 0 Å². The lowest BCUT2D eigenvalue weighted by Gasteiger charge is -2.37. The number of hydrogen-bond acceptors (Lipinski definition) is 5. The van der Waals surface area contributed by atoms with E-state index < -0.39 is 23.7 Å². The van der Waals surface area contributed by atoms with Gasteiger partial charge in [-0.3, -0.25) is 9.69 Å². The molecule has 0 aromatic rings. The first-order chi connectivity index (χ1) is 10.7. The average molecular weight is 334 g/mol. The van der Waals surface area contributed by atoms with Crippen LogP contribution in [0.15, 0.2) is 0 Å². The van der Waals surface area contributed by atoms with E-state index in [1.54, 1.807) is 0 Å². The number of esters is 1. The van der Waals surface area contributed by atoms with Crippen molar-refractivity contribution >= 4 is 5.97 Å². The van der Waals surface area contributed by atoms with Gasteiger partial charge in [-0.1, -0.05) is 13.8 Å². The minimum Gasteiger partial charge on any atom is -0.469 e. The highest BCUT2D eigenvalue weighted by atomic mass is 19.3. The van der Waals surface area contributed by atoms with Gasteiger partial charge in [-0.05, 0) is 12.5 Å². The lowest BCUT2D eigenvalue weighted by atomic mass is 9.91. The predicted molar refractivity (Wildman–Crippen MR) is 82.5 cm³/mol. The number of halogens is 2. The molecule has 2 fully saturated rings. The van der Waals surface area contributed by atoms with Gasteiger partial charge in [-0.2, -0.15) is 0 Å². The Balaban J connectivity index is 1.81. The normalized spacial score (nSPS) is 28.0. The third-order valence-electron chi connectivity index (χ3n) is 4.62. The molecule has 2 atom stereocenters. The number of rotatable bonds is 7. The zero-order valence-corrected chi connectivity index (χ0v) is 14.5. The maximum atomic E-state index is 13.7. The molecule has 2 rings (SSSR count). The standard InChI is InChI=1S/C16H28F2N2O3/c1-15(2,11-20-5-7-23-8-6-20)10-19(3)9-12-13(14(21)22-4)16(12,17)18/h12-13H,5-11H2,1-4H3. The largest absolute Gasteiger partial charge is 0.469 e. The van der Waals surface area contributed by atoms with Crippen LogP contribution in [0.3, 0.4) is 0 Å². The summed E-state index contributed by atoms with van der Waals surface area (Å²) in [5.74, 6) is -5.95. The number of hydrogen-bond donors (Lipinski definition) is 0. The Morgan fingerprint density at radius 3 is 2.57 bits per heavy atom. The highest BCUT2D eigenvalue weighted by molar-refractivity contribution is 5.78. The summed E-state index contributed by atoms with van der Waals surface area (Å²) in [6.45, 7) is 9.43. The quantitative estimate of drug-likeness (QED) is 0.657. The van der Waals surface area contributed by atoms with Crippen molar-refractivity contribution < 1.29 is 23.0 Å². The summed E-state index contributed by atoms with van der Waals surface area (Å²) in [6.07, 6.45) is 0. The van der Waals surface area contributed by atoms with Gasteiger partial charge in [0, 0.05) is 32.7 Å². The molecule has 1 aliphatic carbocycles. The molecule has 1 saturated carbocycles. The Hall–Kier alpha value is -0.790. The summed E-state index contributed by atoms with van der Waals surface area (Å²) in [7, 11) is 2.99. The monoisotopic (exact) mass is 334 g/mol. The van der Waals surface area contributed by atoms with Crippen LogP contribution in [0.2, 0.25) is 0 Å². The summed E-state index contributed by atoms with van der Waals surface area (Å²) >= 11 is 0. The number of ether oxygens (including phenoxy) is 2. The lowest BCUT2D eigenvalue weighted by molar-refractivity contribution is -0.144. The zero-order chi connectivity index (χ0) is 17.3. The van der Waals surface area contributed by atoms with Gasteiger partial charge in [0.1, 0.15) is 5.92 Å². The van der Waals surface area contributed by atoms with E-state index in [1.807, 2.05) is 11.9 Å². The van der Waals surface area contributed by atoms with Crippen LogP contribution in [0.25, 0.3) is 0 Å². The van der Waals surface area contributed by atoms with Crippen molar-refractivity contribution in [2.45, 2.75) is 19.8 Å². The summed E-state index contributed by atoms with van der Waals surface area (Å²) < 4.78 is 37.2. The molecule has 1 aliphatic heterocycles. The van der Waals surface area contributed by atoms with Crippen LogP contribution in [0.5, 0.6) is 0 Å². The van der Waals surface area contributed by atoms with E-state index in [9.17, 15) is 13.6 Å². The molecule has 1 heterocycles. The third-order valence-corrected chi connectivity index (χ3v) is 4.62. The highest BCUT2D eigenvalue weighted by Gasteiger charge is 2.72. The minimum atomic E-state index is -2.93. The molecule has 7 heteroatoms. The maximum absolute atomic E-state index is 13.7. The second-order valence-electron chi connectivity index (χ2n) is 7.53. The van der Waals surface area contributed by atoms with Crippen LogP contribution in [0.4, 0.5) is 8.78 Å². The van der Waals surface area contributed by atoms with Crippen molar-refractivity contribution in [2.24, 2.45) is 17.3 Å². The molecular weight excluding hydrogens is 306 g/mol. The number of alkyl halides is 2. The molecule has 0 bridgehead atoms. The lowest BCUT2D eigenvalue weighted by Crippen LogP contribution is -2.45. The molecule has 0 spiro atoms. The number of nitrogens with zero attached hydrogens (tertiary/aromatic N) is 2. The molecule has 0 aromatic carbocycles. The van der Waals surface area contributed by atoms with E-state index >= 15 is 0 Å². The second-order valence-corrected chi connectivity index (χ2v) is 7.53. The van der Waals surface area contributed by atoms with E-state index in [2.05, 4.69) is 23.5 Å². The molecule has 0 amide bonds. The Morgan fingerprint density at radius 1 is 1.39 bits per heavy atom. The van der Waals surface area contributed by atoms with Gasteiger partial charge in [-0.25, -0.2) is 8.78 Å². The van der Waals surface area contributed by atoms with Crippen molar-refractivity contribution in [2.75, 3.05) is 60.1 Å². The predicted octanol–water partition coefficient (Wildman–Crippen LogP) is 1.33. The van der Waals surface area contributed by atoms with Crippen LogP contribution in [0, 0.1) is 17.3 Å². The third kappa shape index (κ3) is 4.61. The van der Waals surface area contributed by atoms with Gasteiger partial charge in [-0.15, -0.1) is 0 Å². The summed E-state index contributed by atoms with van der Waals surface area (Å²) in [4.78, 5) is 15.6. The fraction of sp³-hybridized carbons (Fsp3) is 0.938. The Bertz CT molecular complexity index is 426. The fourth-order valence-corrected chi connectivity index (χ4v) is 3.61. The Kier molecular flexibility index (Phi) is 5.63. The Morgan fingerprint density at radius 2 is 2.00 bits per heavy atom. The van der Waals surface area contributed by atoms with Crippen LogP contribution >= 0.6 is 0 Å². The van der Waals surface area contributed by atoms with E-state index in [1.165, 1.54) is 0 Å². The van der Waals surface area contributed by atoms with Crippen LogP contribution in [0.1, 0.15) is 13.8 Å². The summed E-state index contributed by atoms with van der Waals surface area (Å²) in [5.41, 5.74) is -0.0168. The molecule has 0 radical (unpaired) electrons. The van der Waals surface area contributed by atoms with Crippen LogP contribution < -0.4 is 0 Å². The maximum Gasteiger partial charge on any atom is 0.315 e. The van der Waals surface area contributed by atoms with Crippen molar-refractivity contribution in [3.05, 3.63) is 0 Å². The van der Waals surface area contributed by atoms with E-state index in [-0.39, 0.29) is 12.0 Å². The molecule has 1 saturated heterocycles. The van der Waals surface area contributed by atoms with Crippen LogP contribution in [-0.2, 0) is 14.3 Å². The zero-order valence-electron chi connectivity index (χ0n) is 14.5. The summed E-state index contributed by atoms with van der Waals surface area (Å²) in [6, 6.07) is 0. The van der Waals surface area contributed by atoms with Gasteiger partial charge in [0.15, 0.2) is 0 Å². The van der Waals surface area contributed by atoms with Gasteiger partial charge in [0.25, 0.3) is 5.92 Å². The number of carbonyl (C=O) groups is 1. The topological polar surface area (TPSA) is 42.0 Å². The average Bonchev–Trinajstić information content (AvgIpc) is 2.98. The number of carbonyl (C=O) groups excluding carboxylic acids is 1. The highest BCUT2D eigenvalue weighted by Crippen LogP contribution is 2.56. The minimum absolute atomic E-state index is 0.0168. The first-order valence-corrected chi connectivity index (χ1v) is 8.11. The molecule has 5 nitrogen and oxygen atoms in total. The number of methoxy groups -OCH3 is 1. The van der Waals surface area contributed by atoms with Crippen molar-refractivity contribution in [3.8, 4) is 0 Å². The molecule has 2 unspecified atom stereocenters. The van der Waals surface area contributed by atoms with Gasteiger partial charge in [0.2, 0.25) is 0 Å². The van der Waals surface area contributed by atoms with Gasteiger partial charge in [0.05, 0.1) is 26.2 Å². The first kappa shape index (κ1) is 18.5. The first-order valence-electron chi connectivity index (χ1n) is 8.11. The van der Waals surface area contributed by atoms with Gasteiger partial charge < -0.3 is 14.4 Å². The second kappa shape index (κ2) is 6.99. The molecule has 2 aliphatic rings. The van der Waals surface area contributed by atoms with E-state index in [0.717, 1.165) is 40.0 Å². The van der Waals surface area contributed by atoms with Crippen LogP contribution in [-0.4, -0.2) is 81.8 Å². The molecule has 0 N–H and O–H groups in total. The molecule has 134 valence electrons. The fourth-order valence-electron chi connectivity index (χ4n) is 3.61. The van der Waals surface area contributed by atoms with E-state index in [0.29, 0.717) is 6.54 Å². The van der Waals surface area contributed by atoms with Gasteiger partial charge >= 0.3 is 5.97 Å². The smallest absolute Gasteiger partial charge is 0.315 e. The Labute approximate surface area is 136 Å². The van der Waals surface area contributed by atoms with E-state index in [4.69, 9.17) is 4.74 Å². The number of morpholine rings is 1. The van der Waals surface area contributed by atoms with Crippen molar-refractivity contribution in [1.82, 2.24) is 9.80 Å².